The van der Waals surface area contributed by atoms with Crippen LogP contribution in [0, 0.1) is 11.7 Å². The van der Waals surface area contributed by atoms with E-state index in [1.165, 1.54) is 17.7 Å². The number of hydrogen-bond acceptors (Lipinski definition) is 8. The van der Waals surface area contributed by atoms with Gasteiger partial charge in [0.1, 0.15) is 18.5 Å². The minimum absolute atomic E-state index is 0.0282. The molecule has 1 aliphatic carbocycles. The Bertz CT molecular complexity index is 1330. The average molecular weight is 449 g/mol. The van der Waals surface area contributed by atoms with Crippen molar-refractivity contribution in [2.75, 3.05) is 31.6 Å². The zero-order valence-corrected chi connectivity index (χ0v) is 17.4. The highest BCUT2D eigenvalue weighted by Gasteiger charge is 2.43. The SMILES string of the molecule is CO/N=C1\CN(c2cc3c(cc2F)c(=O)c2c(n3C3CC3)S(=O)(=O)NC2=O)CC1CN. The second-order valence-corrected chi connectivity index (χ2v) is 9.54. The van der Waals surface area contributed by atoms with Gasteiger partial charge in [-0.3, -0.25) is 9.59 Å². The number of nitrogens with one attached hydrogen (secondary N) is 1. The van der Waals surface area contributed by atoms with Gasteiger partial charge in [-0.25, -0.2) is 9.11 Å². The van der Waals surface area contributed by atoms with Crippen molar-refractivity contribution in [2.24, 2.45) is 16.8 Å². The first kappa shape index (κ1) is 19.9. The summed E-state index contributed by atoms with van der Waals surface area (Å²) in [4.78, 5) is 31.8. The third-order valence-corrected chi connectivity index (χ3v) is 7.31. The lowest BCUT2D eigenvalue weighted by Crippen LogP contribution is -2.25. The number of aromatic nitrogens is 1. The van der Waals surface area contributed by atoms with E-state index in [4.69, 9.17) is 10.6 Å². The van der Waals surface area contributed by atoms with Gasteiger partial charge in [0.25, 0.3) is 15.9 Å². The lowest BCUT2D eigenvalue weighted by atomic mass is 10.1. The summed E-state index contributed by atoms with van der Waals surface area (Å²) in [6.45, 7) is 0.993. The number of nitrogens with two attached hydrogens (primary N) is 1. The molecule has 0 bridgehead atoms. The molecule has 5 rings (SSSR count). The second kappa shape index (κ2) is 6.76. The molecule has 1 aromatic carbocycles. The number of hydrogen-bond donors (Lipinski definition) is 2. The van der Waals surface area contributed by atoms with Gasteiger partial charge in [0.15, 0.2) is 5.03 Å². The topological polar surface area (TPSA) is 136 Å². The number of nitrogens with zero attached hydrogens (tertiary/aromatic N) is 3. The molecule has 3 aliphatic rings. The summed E-state index contributed by atoms with van der Waals surface area (Å²) >= 11 is 0. The molecule has 2 aliphatic heterocycles. The van der Waals surface area contributed by atoms with Crippen LogP contribution < -0.4 is 20.8 Å². The molecule has 164 valence electrons. The van der Waals surface area contributed by atoms with Crippen molar-refractivity contribution in [3.05, 3.63) is 33.7 Å². The smallest absolute Gasteiger partial charge is 0.280 e. The molecule has 1 unspecified atom stereocenters. The van der Waals surface area contributed by atoms with E-state index in [9.17, 15) is 18.0 Å². The van der Waals surface area contributed by atoms with Crippen LogP contribution in [0.5, 0.6) is 0 Å². The fourth-order valence-corrected chi connectivity index (χ4v) is 5.80. The lowest BCUT2D eigenvalue weighted by Gasteiger charge is -2.21. The monoisotopic (exact) mass is 449 g/mol. The molecule has 1 atom stereocenters. The molecule has 2 aromatic rings. The molecule has 3 N–H and O–H groups in total. The van der Waals surface area contributed by atoms with Crippen molar-refractivity contribution in [1.29, 1.82) is 0 Å². The van der Waals surface area contributed by atoms with Crippen LogP contribution in [0.4, 0.5) is 10.1 Å². The van der Waals surface area contributed by atoms with E-state index < -0.39 is 32.7 Å². The van der Waals surface area contributed by atoms with Crippen molar-refractivity contribution in [3.63, 3.8) is 0 Å². The molecule has 1 aromatic heterocycles. The first-order valence-corrected chi connectivity index (χ1v) is 11.3. The molecule has 1 amide bonds. The second-order valence-electron chi connectivity index (χ2n) is 7.94. The Morgan fingerprint density at radius 3 is 2.71 bits per heavy atom. The molecule has 3 heterocycles. The van der Waals surface area contributed by atoms with Gasteiger partial charge in [0.05, 0.1) is 23.5 Å². The summed E-state index contributed by atoms with van der Waals surface area (Å²) in [7, 11) is -2.75. The van der Waals surface area contributed by atoms with Crippen LogP contribution >= 0.6 is 0 Å². The van der Waals surface area contributed by atoms with Crippen LogP contribution in [0.2, 0.25) is 0 Å². The molecular formula is C19H20FN5O5S. The number of fused-ring (bicyclic) bond motifs is 2. The number of rotatable bonds is 4. The Labute approximate surface area is 176 Å². The van der Waals surface area contributed by atoms with Gasteiger partial charge in [0.2, 0.25) is 5.43 Å². The van der Waals surface area contributed by atoms with E-state index in [0.717, 1.165) is 6.07 Å². The Morgan fingerprint density at radius 1 is 1.32 bits per heavy atom. The van der Waals surface area contributed by atoms with E-state index in [-0.39, 0.29) is 40.1 Å². The summed E-state index contributed by atoms with van der Waals surface area (Å²) in [6.07, 6.45) is 1.40. The number of pyridine rings is 1. The molecule has 2 fully saturated rings. The Balaban J connectivity index is 1.76. The highest BCUT2D eigenvalue weighted by atomic mass is 32.2. The van der Waals surface area contributed by atoms with Crippen LogP contribution in [0.25, 0.3) is 10.9 Å². The predicted molar refractivity (Wildman–Crippen MR) is 110 cm³/mol. The molecule has 31 heavy (non-hydrogen) atoms. The Morgan fingerprint density at radius 2 is 2.06 bits per heavy atom. The van der Waals surface area contributed by atoms with Crippen LogP contribution in [0.3, 0.4) is 0 Å². The molecule has 0 radical (unpaired) electrons. The Hall–Kier alpha value is -2.99. The predicted octanol–water partition coefficient (Wildman–Crippen LogP) is 0.305. The maximum Gasteiger partial charge on any atom is 0.280 e. The maximum atomic E-state index is 15.1. The minimum atomic E-state index is -4.17. The van der Waals surface area contributed by atoms with Gasteiger partial charge in [-0.15, -0.1) is 0 Å². The fourth-order valence-electron chi connectivity index (χ4n) is 4.39. The zero-order chi connectivity index (χ0) is 22.1. The van der Waals surface area contributed by atoms with Crippen LogP contribution in [-0.4, -0.2) is 51.3 Å². The van der Waals surface area contributed by atoms with Gasteiger partial charge in [-0.2, -0.15) is 8.42 Å². The normalized spacial score (nSPS) is 23.5. The summed E-state index contributed by atoms with van der Waals surface area (Å²) in [5.74, 6) is -1.75. The van der Waals surface area contributed by atoms with Gasteiger partial charge >= 0.3 is 0 Å². The van der Waals surface area contributed by atoms with E-state index in [1.54, 1.807) is 4.90 Å². The van der Waals surface area contributed by atoms with Crippen molar-refractivity contribution in [3.8, 4) is 0 Å². The summed E-state index contributed by atoms with van der Waals surface area (Å²) in [5.41, 5.74) is 5.72. The summed E-state index contributed by atoms with van der Waals surface area (Å²) in [6, 6.07) is 2.37. The summed E-state index contributed by atoms with van der Waals surface area (Å²) in [5, 5.41) is 3.62. The molecular weight excluding hydrogens is 429 g/mol. The van der Waals surface area contributed by atoms with E-state index in [2.05, 4.69) is 5.16 Å². The van der Waals surface area contributed by atoms with Gasteiger partial charge < -0.3 is 20.0 Å². The van der Waals surface area contributed by atoms with Crippen molar-refractivity contribution < 1.29 is 22.4 Å². The van der Waals surface area contributed by atoms with Crippen LogP contribution in [-0.2, 0) is 14.9 Å². The quantitative estimate of drug-likeness (QED) is 0.641. The molecule has 1 saturated heterocycles. The number of amides is 1. The molecule has 1 saturated carbocycles. The molecule has 12 heteroatoms. The van der Waals surface area contributed by atoms with Crippen molar-refractivity contribution in [2.45, 2.75) is 23.9 Å². The van der Waals surface area contributed by atoms with E-state index >= 15 is 4.39 Å². The zero-order valence-electron chi connectivity index (χ0n) is 16.6. The lowest BCUT2D eigenvalue weighted by molar-refractivity contribution is 0.0983. The third-order valence-electron chi connectivity index (χ3n) is 5.95. The average Bonchev–Trinajstić information content (AvgIpc) is 3.42. The first-order chi connectivity index (χ1) is 14.8. The number of benzene rings is 1. The van der Waals surface area contributed by atoms with Crippen LogP contribution in [0.1, 0.15) is 29.2 Å². The van der Waals surface area contributed by atoms with Crippen LogP contribution in [0.15, 0.2) is 27.1 Å². The number of carbonyl (C=O) groups is 1. The minimum Gasteiger partial charge on any atom is -0.399 e. The van der Waals surface area contributed by atoms with Crippen molar-refractivity contribution in [1.82, 2.24) is 9.29 Å². The summed E-state index contributed by atoms with van der Waals surface area (Å²) < 4.78 is 43.7. The number of carbonyl (C=O) groups excluding carboxylic acids is 1. The molecule has 0 spiro atoms. The number of anilines is 1. The Kier molecular flexibility index (Phi) is 4.35. The largest absolute Gasteiger partial charge is 0.399 e. The molecule has 10 nitrogen and oxygen atoms in total. The fraction of sp³-hybridized carbons (Fsp3) is 0.421. The van der Waals surface area contributed by atoms with E-state index in [1.807, 2.05) is 4.72 Å². The number of halogens is 1. The highest BCUT2D eigenvalue weighted by molar-refractivity contribution is 7.90. The standard InChI is InChI=1S/C19H20FN5O5S/c1-30-22-13-8-24(7-9(13)6-21)15-5-14-11(4-12(15)20)17(26)16-18(27)23-31(28,29)19(16)25(14)10-2-3-10/h4-5,9-10H,2-3,6-8,21H2,1H3,(H,23,27)/b22-13+. The van der Waals surface area contributed by atoms with Gasteiger partial charge in [0, 0.05) is 30.4 Å². The van der Waals surface area contributed by atoms with Gasteiger partial charge in [-0.05, 0) is 25.0 Å². The first-order valence-electron chi connectivity index (χ1n) is 9.80. The van der Waals surface area contributed by atoms with E-state index in [0.29, 0.717) is 31.6 Å². The number of sulfonamides is 1. The third kappa shape index (κ3) is 2.92. The van der Waals surface area contributed by atoms with Gasteiger partial charge in [-0.1, -0.05) is 5.16 Å². The van der Waals surface area contributed by atoms with Crippen molar-refractivity contribution >= 4 is 38.2 Å². The maximum absolute atomic E-state index is 15.1. The highest BCUT2D eigenvalue weighted by Crippen LogP contribution is 2.42. The number of oxime groups is 1.